The minimum Gasteiger partial charge on any atom is -0.468 e. The molecular weight excluding hydrogens is 322 g/mol. The molecule has 6 heteroatoms. The Labute approximate surface area is 128 Å². The lowest BCUT2D eigenvalue weighted by molar-refractivity contribution is -0.150. The lowest BCUT2D eigenvalue weighted by atomic mass is 9.84. The number of aromatic nitrogens is 2. The molecule has 1 aromatic rings. The Morgan fingerprint density at radius 2 is 2.50 bits per heavy atom. The summed E-state index contributed by atoms with van der Waals surface area (Å²) in [5.74, 6) is 0.182. The number of hydrogen-bond acceptors (Lipinski definition) is 4. The summed E-state index contributed by atoms with van der Waals surface area (Å²) < 4.78 is 7.94. The first-order chi connectivity index (χ1) is 9.62. The maximum absolute atomic E-state index is 12.2. The molecule has 1 N–H and O–H groups in total. The van der Waals surface area contributed by atoms with Gasteiger partial charge < -0.3 is 10.1 Å². The second-order valence-corrected chi connectivity index (χ2v) is 6.21. The summed E-state index contributed by atoms with van der Waals surface area (Å²) in [6, 6.07) is 0. The van der Waals surface area contributed by atoms with Crippen LogP contribution in [0.25, 0.3) is 0 Å². The molecule has 0 bridgehead atoms. The molecule has 2 rings (SSSR count). The van der Waals surface area contributed by atoms with E-state index in [9.17, 15) is 4.79 Å². The first kappa shape index (κ1) is 15.5. The maximum Gasteiger partial charge on any atom is 0.326 e. The Bertz CT molecular complexity index is 463. The molecule has 0 aromatic carbocycles. The molecule has 0 radical (unpaired) electrons. The SMILES string of the molecule is CCNC1(C(=O)OC)CCCC1CCn1cc(Br)cn1. The number of likely N-dealkylation sites (N-methyl/N-ethyl adjacent to an activating group) is 1. The van der Waals surface area contributed by atoms with Crippen LogP contribution in [0.4, 0.5) is 0 Å². The first-order valence-corrected chi connectivity index (χ1v) is 7.93. The zero-order valence-corrected chi connectivity index (χ0v) is 13.6. The van der Waals surface area contributed by atoms with Gasteiger partial charge in [-0.15, -0.1) is 0 Å². The number of carbonyl (C=O) groups excluding carboxylic acids is 1. The van der Waals surface area contributed by atoms with E-state index in [0.717, 1.165) is 43.2 Å². The summed E-state index contributed by atoms with van der Waals surface area (Å²) in [7, 11) is 1.47. The average Bonchev–Trinajstić information content (AvgIpc) is 3.03. The van der Waals surface area contributed by atoms with Gasteiger partial charge in [-0.05, 0) is 47.7 Å². The smallest absolute Gasteiger partial charge is 0.326 e. The van der Waals surface area contributed by atoms with E-state index in [1.54, 1.807) is 6.20 Å². The van der Waals surface area contributed by atoms with Gasteiger partial charge in [-0.25, -0.2) is 0 Å². The predicted molar refractivity (Wildman–Crippen MR) is 80.3 cm³/mol. The Morgan fingerprint density at radius 1 is 1.70 bits per heavy atom. The van der Waals surface area contributed by atoms with Gasteiger partial charge in [-0.3, -0.25) is 9.48 Å². The van der Waals surface area contributed by atoms with Gasteiger partial charge in [-0.1, -0.05) is 13.3 Å². The Hall–Kier alpha value is -0.880. The monoisotopic (exact) mass is 343 g/mol. The third-order valence-electron chi connectivity index (χ3n) is 4.17. The van der Waals surface area contributed by atoms with E-state index < -0.39 is 5.54 Å². The fraction of sp³-hybridized carbons (Fsp3) is 0.714. The number of methoxy groups -OCH3 is 1. The van der Waals surface area contributed by atoms with Gasteiger partial charge in [0.15, 0.2) is 0 Å². The van der Waals surface area contributed by atoms with Crippen molar-refractivity contribution in [3.63, 3.8) is 0 Å². The Morgan fingerprint density at radius 3 is 3.10 bits per heavy atom. The van der Waals surface area contributed by atoms with Crippen molar-refractivity contribution in [1.29, 1.82) is 0 Å². The quantitative estimate of drug-likeness (QED) is 0.805. The lowest BCUT2D eigenvalue weighted by Crippen LogP contribution is -2.55. The first-order valence-electron chi connectivity index (χ1n) is 7.13. The number of esters is 1. The molecule has 5 nitrogen and oxygen atoms in total. The molecule has 20 heavy (non-hydrogen) atoms. The number of carbonyl (C=O) groups is 1. The number of ether oxygens (including phenoxy) is 1. The minimum atomic E-state index is -0.506. The van der Waals surface area contributed by atoms with Crippen molar-refractivity contribution >= 4 is 21.9 Å². The summed E-state index contributed by atoms with van der Waals surface area (Å²) in [4.78, 5) is 12.2. The number of halogens is 1. The average molecular weight is 344 g/mol. The largest absolute Gasteiger partial charge is 0.468 e. The second-order valence-electron chi connectivity index (χ2n) is 5.29. The molecule has 2 atom stereocenters. The van der Waals surface area contributed by atoms with E-state index in [2.05, 4.69) is 26.3 Å². The number of nitrogens with one attached hydrogen (secondary N) is 1. The van der Waals surface area contributed by atoms with Gasteiger partial charge in [-0.2, -0.15) is 5.10 Å². The van der Waals surface area contributed by atoms with Crippen molar-refractivity contribution < 1.29 is 9.53 Å². The Kier molecular flexibility index (Phi) is 5.21. The summed E-state index contributed by atoms with van der Waals surface area (Å²) in [5, 5.41) is 7.66. The van der Waals surface area contributed by atoms with Crippen LogP contribution in [-0.4, -0.2) is 34.9 Å². The van der Waals surface area contributed by atoms with Crippen molar-refractivity contribution in [2.24, 2.45) is 5.92 Å². The minimum absolute atomic E-state index is 0.122. The van der Waals surface area contributed by atoms with Gasteiger partial charge in [0.1, 0.15) is 5.54 Å². The van der Waals surface area contributed by atoms with Crippen LogP contribution in [-0.2, 0) is 16.1 Å². The normalized spacial score (nSPS) is 25.9. The molecule has 1 aliphatic rings. The molecule has 0 saturated heterocycles. The van der Waals surface area contributed by atoms with Crippen molar-refractivity contribution in [1.82, 2.24) is 15.1 Å². The number of nitrogens with zero attached hydrogens (tertiary/aromatic N) is 2. The van der Waals surface area contributed by atoms with Gasteiger partial charge in [0.05, 0.1) is 17.8 Å². The van der Waals surface area contributed by atoms with Crippen LogP contribution in [0.15, 0.2) is 16.9 Å². The standard InChI is InChI=1S/C14H22BrN3O2/c1-3-16-14(13(19)20-2)7-4-5-11(14)6-8-18-10-12(15)9-17-18/h9-11,16H,3-8H2,1-2H3. The highest BCUT2D eigenvalue weighted by Gasteiger charge is 2.48. The van der Waals surface area contributed by atoms with Crippen LogP contribution in [0, 0.1) is 5.92 Å². The maximum atomic E-state index is 12.2. The summed E-state index contributed by atoms with van der Waals surface area (Å²) in [5.41, 5.74) is -0.506. The molecule has 2 unspecified atom stereocenters. The van der Waals surface area contributed by atoms with Crippen molar-refractivity contribution in [3.8, 4) is 0 Å². The van der Waals surface area contributed by atoms with E-state index in [4.69, 9.17) is 4.74 Å². The number of hydrogen-bond donors (Lipinski definition) is 1. The number of rotatable bonds is 6. The van der Waals surface area contributed by atoms with Gasteiger partial charge in [0.2, 0.25) is 0 Å². The predicted octanol–water partition coefficient (Wildman–Crippen LogP) is 2.36. The van der Waals surface area contributed by atoms with Crippen LogP contribution in [0.1, 0.15) is 32.6 Å². The lowest BCUT2D eigenvalue weighted by Gasteiger charge is -2.33. The third kappa shape index (κ3) is 3.06. The van der Waals surface area contributed by atoms with Gasteiger partial charge in [0, 0.05) is 12.7 Å². The number of aryl methyl sites for hydroxylation is 1. The summed E-state index contributed by atoms with van der Waals surface area (Å²) in [6.07, 6.45) is 7.66. The highest BCUT2D eigenvalue weighted by atomic mass is 79.9. The molecule has 0 aliphatic heterocycles. The molecule has 0 amide bonds. The highest BCUT2D eigenvalue weighted by Crippen LogP contribution is 2.39. The fourth-order valence-corrected chi connectivity index (χ4v) is 3.62. The van der Waals surface area contributed by atoms with Crippen LogP contribution in [0.5, 0.6) is 0 Å². The summed E-state index contributed by atoms with van der Waals surface area (Å²) >= 11 is 3.40. The molecule has 1 saturated carbocycles. The van der Waals surface area contributed by atoms with E-state index >= 15 is 0 Å². The van der Waals surface area contributed by atoms with Crippen LogP contribution in [0.3, 0.4) is 0 Å². The molecule has 112 valence electrons. The van der Waals surface area contributed by atoms with E-state index in [0.29, 0.717) is 5.92 Å². The van der Waals surface area contributed by atoms with E-state index in [-0.39, 0.29) is 5.97 Å². The molecule has 1 fully saturated rings. The van der Waals surface area contributed by atoms with E-state index in [1.165, 1.54) is 7.11 Å². The van der Waals surface area contributed by atoms with Crippen LogP contribution >= 0.6 is 15.9 Å². The highest BCUT2D eigenvalue weighted by molar-refractivity contribution is 9.10. The zero-order chi connectivity index (χ0) is 14.6. The molecule has 1 aromatic heterocycles. The van der Waals surface area contributed by atoms with E-state index in [1.807, 2.05) is 17.8 Å². The van der Waals surface area contributed by atoms with Crippen molar-refractivity contribution in [2.45, 2.75) is 44.7 Å². The van der Waals surface area contributed by atoms with Crippen molar-refractivity contribution in [3.05, 3.63) is 16.9 Å². The summed E-state index contributed by atoms with van der Waals surface area (Å²) in [6.45, 7) is 3.63. The van der Waals surface area contributed by atoms with Crippen LogP contribution in [0.2, 0.25) is 0 Å². The van der Waals surface area contributed by atoms with Gasteiger partial charge >= 0.3 is 5.97 Å². The molecule has 1 aliphatic carbocycles. The molecule has 0 spiro atoms. The third-order valence-corrected chi connectivity index (χ3v) is 4.58. The van der Waals surface area contributed by atoms with Gasteiger partial charge in [0.25, 0.3) is 0 Å². The molecular formula is C14H22BrN3O2. The Balaban J connectivity index is 2.06. The fourth-order valence-electron chi connectivity index (χ4n) is 3.29. The topological polar surface area (TPSA) is 56.1 Å². The zero-order valence-electron chi connectivity index (χ0n) is 12.1. The second kappa shape index (κ2) is 6.72. The van der Waals surface area contributed by atoms with Crippen LogP contribution < -0.4 is 5.32 Å². The van der Waals surface area contributed by atoms with Crippen molar-refractivity contribution in [2.75, 3.05) is 13.7 Å². The molecule has 1 heterocycles.